The van der Waals surface area contributed by atoms with Crippen molar-refractivity contribution in [3.05, 3.63) is 64.1 Å². The third-order valence-corrected chi connectivity index (χ3v) is 5.27. The monoisotopic (exact) mass is 450 g/mol. The lowest BCUT2D eigenvalue weighted by Crippen LogP contribution is -2.49. The number of carbonyl (C=O) groups excluding carboxylic acids is 2. The summed E-state index contributed by atoms with van der Waals surface area (Å²) in [5.41, 5.74) is 0.813. The molecule has 0 heterocycles. The normalized spacial score (nSPS) is 11.6. The zero-order valence-corrected chi connectivity index (χ0v) is 18.9. The Morgan fingerprint density at radius 2 is 1.77 bits per heavy atom. The van der Waals surface area contributed by atoms with Crippen molar-refractivity contribution in [2.24, 2.45) is 0 Å². The quantitative estimate of drug-likeness (QED) is 0.484. The highest BCUT2D eigenvalue weighted by atomic mass is 35.5. The zero-order valence-electron chi connectivity index (χ0n) is 17.4. The summed E-state index contributed by atoms with van der Waals surface area (Å²) >= 11 is 12.2. The van der Waals surface area contributed by atoms with E-state index in [1.165, 1.54) is 0 Å². The average molecular weight is 451 g/mol. The van der Waals surface area contributed by atoms with Crippen molar-refractivity contribution >= 4 is 35.0 Å². The van der Waals surface area contributed by atoms with E-state index in [1.807, 2.05) is 32.0 Å². The van der Waals surface area contributed by atoms with Crippen LogP contribution >= 0.6 is 23.2 Å². The van der Waals surface area contributed by atoms with Crippen molar-refractivity contribution in [3.8, 4) is 5.75 Å². The average Bonchev–Trinajstić information content (AvgIpc) is 2.73. The Kier molecular flexibility index (Phi) is 9.98. The van der Waals surface area contributed by atoms with Gasteiger partial charge in [-0.3, -0.25) is 9.59 Å². The Balaban J connectivity index is 2.04. The molecule has 1 atom stereocenters. The predicted octanol–water partition coefficient (Wildman–Crippen LogP) is 5.10. The smallest absolute Gasteiger partial charge is 0.242 e. The van der Waals surface area contributed by atoms with Crippen LogP contribution < -0.4 is 10.1 Å². The second kappa shape index (κ2) is 12.5. The Morgan fingerprint density at radius 3 is 2.40 bits per heavy atom. The number of nitrogens with one attached hydrogen (secondary N) is 1. The molecular weight excluding hydrogens is 423 g/mol. The van der Waals surface area contributed by atoms with Gasteiger partial charge in [0.05, 0.1) is 6.61 Å². The highest BCUT2D eigenvalue weighted by Gasteiger charge is 2.28. The van der Waals surface area contributed by atoms with Crippen molar-refractivity contribution in [1.29, 1.82) is 0 Å². The molecule has 0 bridgehead atoms. The standard InChI is InChI=1S/C23H28Cl2N2O3/c1-3-21(23(29)26-4-2)27(16-17-8-5-6-9-20(17)25)22(28)10-7-15-30-19-13-11-18(24)12-14-19/h5-6,8-9,11-14,21H,3-4,7,10,15-16H2,1-2H3,(H,26,29)/t21-/m0/s1. The molecule has 0 fully saturated rings. The molecule has 30 heavy (non-hydrogen) atoms. The third kappa shape index (κ3) is 7.22. The van der Waals surface area contributed by atoms with Crippen LogP contribution in [0.1, 0.15) is 38.7 Å². The number of halogens is 2. The van der Waals surface area contributed by atoms with Gasteiger partial charge in [-0.2, -0.15) is 0 Å². The Morgan fingerprint density at radius 1 is 1.07 bits per heavy atom. The van der Waals surface area contributed by atoms with Crippen LogP contribution in [0.2, 0.25) is 10.0 Å². The minimum atomic E-state index is -0.550. The fourth-order valence-corrected chi connectivity index (χ4v) is 3.43. The second-order valence-corrected chi connectivity index (χ2v) is 7.68. The number of benzene rings is 2. The first-order valence-corrected chi connectivity index (χ1v) is 10.9. The molecule has 162 valence electrons. The highest BCUT2D eigenvalue weighted by molar-refractivity contribution is 6.31. The SMILES string of the molecule is CCNC(=O)[C@H](CC)N(Cc1ccccc1Cl)C(=O)CCCOc1ccc(Cl)cc1. The van der Waals surface area contributed by atoms with Crippen molar-refractivity contribution in [1.82, 2.24) is 10.2 Å². The van der Waals surface area contributed by atoms with Crippen LogP contribution in [0, 0.1) is 0 Å². The maximum absolute atomic E-state index is 13.1. The van der Waals surface area contributed by atoms with Gasteiger partial charge in [-0.05, 0) is 55.7 Å². The van der Waals surface area contributed by atoms with Crippen molar-refractivity contribution in [2.45, 2.75) is 45.7 Å². The fourth-order valence-electron chi connectivity index (χ4n) is 3.11. The lowest BCUT2D eigenvalue weighted by molar-refractivity contribution is -0.141. The summed E-state index contributed by atoms with van der Waals surface area (Å²) in [6, 6.07) is 13.9. The van der Waals surface area contributed by atoms with Gasteiger partial charge in [-0.25, -0.2) is 0 Å². The molecule has 1 N–H and O–H groups in total. The van der Waals surface area contributed by atoms with Gasteiger partial charge < -0.3 is 15.0 Å². The van der Waals surface area contributed by atoms with E-state index in [0.29, 0.717) is 41.8 Å². The number of nitrogens with zero attached hydrogens (tertiary/aromatic N) is 1. The van der Waals surface area contributed by atoms with Gasteiger partial charge in [-0.15, -0.1) is 0 Å². The van der Waals surface area contributed by atoms with Crippen molar-refractivity contribution in [3.63, 3.8) is 0 Å². The van der Waals surface area contributed by atoms with Gasteiger partial charge in [-0.1, -0.05) is 48.3 Å². The fraction of sp³-hybridized carbons (Fsp3) is 0.391. The second-order valence-electron chi connectivity index (χ2n) is 6.84. The predicted molar refractivity (Wildman–Crippen MR) is 121 cm³/mol. The van der Waals surface area contributed by atoms with Gasteiger partial charge in [0.2, 0.25) is 11.8 Å². The number of rotatable bonds is 11. The van der Waals surface area contributed by atoms with Crippen LogP contribution in [0.5, 0.6) is 5.75 Å². The summed E-state index contributed by atoms with van der Waals surface area (Å²) in [6.07, 6.45) is 1.32. The van der Waals surface area contributed by atoms with Crippen LogP contribution in [-0.2, 0) is 16.1 Å². The van der Waals surface area contributed by atoms with E-state index >= 15 is 0 Å². The molecule has 2 aromatic rings. The number of likely N-dealkylation sites (N-methyl/N-ethyl adjacent to an activating group) is 1. The minimum Gasteiger partial charge on any atom is -0.494 e. The Labute approximate surface area is 188 Å². The molecule has 0 radical (unpaired) electrons. The summed E-state index contributed by atoms with van der Waals surface area (Å²) in [6.45, 7) is 4.95. The van der Waals surface area contributed by atoms with Crippen LogP contribution in [0.4, 0.5) is 0 Å². The third-order valence-electron chi connectivity index (χ3n) is 4.65. The van der Waals surface area contributed by atoms with E-state index in [1.54, 1.807) is 35.2 Å². The maximum Gasteiger partial charge on any atom is 0.242 e. The lowest BCUT2D eigenvalue weighted by atomic mass is 10.1. The molecule has 0 aliphatic carbocycles. The molecule has 0 aliphatic rings. The van der Waals surface area contributed by atoms with Crippen molar-refractivity contribution in [2.75, 3.05) is 13.2 Å². The summed E-state index contributed by atoms with van der Waals surface area (Å²) in [5.74, 6) is 0.444. The number of amides is 2. The van der Waals surface area contributed by atoms with E-state index in [0.717, 1.165) is 5.56 Å². The minimum absolute atomic E-state index is 0.104. The van der Waals surface area contributed by atoms with Gasteiger partial charge in [0.15, 0.2) is 0 Å². The Bertz CT molecular complexity index is 827. The van der Waals surface area contributed by atoms with E-state index in [-0.39, 0.29) is 24.8 Å². The van der Waals surface area contributed by atoms with Crippen LogP contribution in [0.15, 0.2) is 48.5 Å². The molecule has 2 amide bonds. The summed E-state index contributed by atoms with van der Waals surface area (Å²) in [5, 5.41) is 4.04. The Hall–Kier alpha value is -2.24. The molecular formula is C23H28Cl2N2O3. The highest BCUT2D eigenvalue weighted by Crippen LogP contribution is 2.21. The van der Waals surface area contributed by atoms with Gasteiger partial charge in [0, 0.05) is 29.6 Å². The summed E-state index contributed by atoms with van der Waals surface area (Å²) < 4.78 is 5.67. The number of hydrogen-bond acceptors (Lipinski definition) is 3. The summed E-state index contributed by atoms with van der Waals surface area (Å²) in [4.78, 5) is 27.2. The van der Waals surface area contributed by atoms with Gasteiger partial charge in [0.1, 0.15) is 11.8 Å². The first kappa shape index (κ1) is 24.0. The van der Waals surface area contributed by atoms with E-state index in [9.17, 15) is 9.59 Å². The molecule has 0 saturated carbocycles. The first-order valence-electron chi connectivity index (χ1n) is 10.1. The zero-order chi connectivity index (χ0) is 21.9. The van der Waals surface area contributed by atoms with E-state index in [2.05, 4.69) is 5.32 Å². The molecule has 0 aliphatic heterocycles. The summed E-state index contributed by atoms with van der Waals surface area (Å²) in [7, 11) is 0. The number of carbonyl (C=O) groups is 2. The first-order chi connectivity index (χ1) is 14.5. The molecule has 0 aromatic heterocycles. The van der Waals surface area contributed by atoms with E-state index < -0.39 is 6.04 Å². The number of hydrogen-bond donors (Lipinski definition) is 1. The van der Waals surface area contributed by atoms with Crippen molar-refractivity contribution < 1.29 is 14.3 Å². The van der Waals surface area contributed by atoms with Crippen LogP contribution in [0.25, 0.3) is 0 Å². The van der Waals surface area contributed by atoms with Gasteiger partial charge >= 0.3 is 0 Å². The number of ether oxygens (including phenoxy) is 1. The molecule has 0 unspecified atom stereocenters. The van der Waals surface area contributed by atoms with Crippen LogP contribution in [-0.4, -0.2) is 35.9 Å². The van der Waals surface area contributed by atoms with E-state index in [4.69, 9.17) is 27.9 Å². The lowest BCUT2D eigenvalue weighted by Gasteiger charge is -2.31. The molecule has 0 spiro atoms. The maximum atomic E-state index is 13.1. The molecule has 0 saturated heterocycles. The van der Waals surface area contributed by atoms with Gasteiger partial charge in [0.25, 0.3) is 0 Å². The molecule has 2 rings (SSSR count). The molecule has 7 heteroatoms. The largest absolute Gasteiger partial charge is 0.494 e. The molecule has 2 aromatic carbocycles. The van der Waals surface area contributed by atoms with Crippen LogP contribution in [0.3, 0.4) is 0 Å². The topological polar surface area (TPSA) is 58.6 Å². The molecule has 5 nitrogen and oxygen atoms in total.